The van der Waals surface area contributed by atoms with Gasteiger partial charge in [0.05, 0.1) is 25.4 Å². The molecule has 0 spiro atoms. The molecule has 2 unspecified atom stereocenters. The highest BCUT2D eigenvalue weighted by Crippen LogP contribution is 2.18. The van der Waals surface area contributed by atoms with Crippen LogP contribution in [0.3, 0.4) is 0 Å². The van der Waals surface area contributed by atoms with Gasteiger partial charge in [0.15, 0.2) is 0 Å². The van der Waals surface area contributed by atoms with Crippen LogP contribution in [0.15, 0.2) is 24.3 Å². The Morgan fingerprint density at radius 1 is 0.397 bits per heavy atom. The van der Waals surface area contributed by atoms with E-state index in [1.165, 1.54) is 263 Å². The van der Waals surface area contributed by atoms with Gasteiger partial charge in [0.1, 0.15) is 0 Å². The van der Waals surface area contributed by atoms with Crippen LogP contribution in [0.5, 0.6) is 0 Å². The van der Waals surface area contributed by atoms with Crippen molar-refractivity contribution in [3.8, 4) is 0 Å². The number of rotatable bonds is 57. The second kappa shape index (κ2) is 57.9. The molecule has 402 valence electrons. The lowest BCUT2D eigenvalue weighted by molar-refractivity contribution is -0.143. The molecular formula is C62H119NO5. The average molecular weight is 959 g/mol. The predicted octanol–water partition coefficient (Wildman–Crippen LogP) is 19.0. The van der Waals surface area contributed by atoms with Crippen molar-refractivity contribution in [3.63, 3.8) is 0 Å². The summed E-state index contributed by atoms with van der Waals surface area (Å²) < 4.78 is 5.46. The molecule has 1 amide bonds. The van der Waals surface area contributed by atoms with E-state index in [0.29, 0.717) is 19.4 Å². The first-order valence-corrected chi connectivity index (χ1v) is 30.6. The van der Waals surface area contributed by atoms with Crippen LogP contribution < -0.4 is 5.32 Å². The summed E-state index contributed by atoms with van der Waals surface area (Å²) in [4.78, 5) is 24.4. The zero-order valence-corrected chi connectivity index (χ0v) is 45.9. The minimum atomic E-state index is -0.842. The van der Waals surface area contributed by atoms with E-state index in [4.69, 9.17) is 4.74 Å². The lowest BCUT2D eigenvalue weighted by Crippen LogP contribution is -2.45. The van der Waals surface area contributed by atoms with Gasteiger partial charge in [-0.3, -0.25) is 9.59 Å². The van der Waals surface area contributed by atoms with Gasteiger partial charge in [0, 0.05) is 12.8 Å². The van der Waals surface area contributed by atoms with Crippen LogP contribution in [-0.4, -0.2) is 47.4 Å². The third-order valence-corrected chi connectivity index (χ3v) is 14.2. The van der Waals surface area contributed by atoms with Crippen molar-refractivity contribution in [2.75, 3.05) is 13.2 Å². The van der Waals surface area contributed by atoms with Gasteiger partial charge in [-0.2, -0.15) is 0 Å². The van der Waals surface area contributed by atoms with E-state index in [9.17, 15) is 19.8 Å². The van der Waals surface area contributed by atoms with Gasteiger partial charge in [-0.25, -0.2) is 0 Å². The zero-order valence-electron chi connectivity index (χ0n) is 45.9. The zero-order chi connectivity index (χ0) is 49.3. The number of hydrogen-bond acceptors (Lipinski definition) is 5. The van der Waals surface area contributed by atoms with Crippen LogP contribution in [0.4, 0.5) is 0 Å². The van der Waals surface area contributed by atoms with Gasteiger partial charge in [-0.15, -0.1) is 0 Å². The molecule has 0 rings (SSSR count). The number of aliphatic hydroxyl groups excluding tert-OH is 2. The topological polar surface area (TPSA) is 95.9 Å². The number of nitrogens with one attached hydrogen (secondary N) is 1. The number of unbranched alkanes of at least 4 members (excludes halogenated alkanes) is 44. The Kier molecular flexibility index (Phi) is 56.5. The Morgan fingerprint density at radius 3 is 1.09 bits per heavy atom. The van der Waals surface area contributed by atoms with Gasteiger partial charge >= 0.3 is 5.97 Å². The van der Waals surface area contributed by atoms with Crippen molar-refractivity contribution in [2.45, 2.75) is 347 Å². The maximum atomic E-state index is 12.5. The second-order valence-corrected chi connectivity index (χ2v) is 21.0. The van der Waals surface area contributed by atoms with Crippen molar-refractivity contribution < 1.29 is 24.5 Å². The van der Waals surface area contributed by atoms with E-state index in [1.807, 2.05) is 6.08 Å². The number of aliphatic hydroxyl groups is 2. The summed E-state index contributed by atoms with van der Waals surface area (Å²) in [5, 5.41) is 23.1. The Hall–Kier alpha value is -1.66. The smallest absolute Gasteiger partial charge is 0.305 e. The predicted molar refractivity (Wildman–Crippen MR) is 296 cm³/mol. The molecular weight excluding hydrogens is 839 g/mol. The fourth-order valence-corrected chi connectivity index (χ4v) is 9.50. The minimum Gasteiger partial charge on any atom is -0.466 e. The monoisotopic (exact) mass is 958 g/mol. The molecule has 2 atom stereocenters. The molecule has 0 aliphatic heterocycles. The Bertz CT molecular complexity index is 1060. The largest absolute Gasteiger partial charge is 0.466 e. The number of carbonyl (C=O) groups is 2. The Labute approximate surface area is 424 Å². The molecule has 0 fully saturated rings. The van der Waals surface area contributed by atoms with Crippen LogP contribution in [0.1, 0.15) is 335 Å². The van der Waals surface area contributed by atoms with Gasteiger partial charge in [0.2, 0.25) is 5.91 Å². The highest BCUT2D eigenvalue weighted by molar-refractivity contribution is 5.76. The van der Waals surface area contributed by atoms with E-state index < -0.39 is 12.1 Å². The quantitative estimate of drug-likeness (QED) is 0.0321. The molecule has 0 saturated heterocycles. The number of esters is 1. The highest BCUT2D eigenvalue weighted by Gasteiger charge is 2.18. The molecule has 0 aromatic heterocycles. The van der Waals surface area contributed by atoms with E-state index in [1.54, 1.807) is 6.08 Å². The summed E-state index contributed by atoms with van der Waals surface area (Å²) >= 11 is 0. The number of carbonyl (C=O) groups excluding carboxylic acids is 2. The normalized spacial score (nSPS) is 12.7. The van der Waals surface area contributed by atoms with E-state index >= 15 is 0 Å². The summed E-state index contributed by atoms with van der Waals surface area (Å²) in [5.41, 5.74) is 0. The fraction of sp³-hybridized carbons (Fsp3) is 0.903. The molecule has 0 aliphatic rings. The van der Waals surface area contributed by atoms with Gasteiger partial charge in [-0.1, -0.05) is 295 Å². The molecule has 0 bridgehead atoms. The third kappa shape index (κ3) is 53.7. The molecule has 68 heavy (non-hydrogen) atoms. The number of amides is 1. The highest BCUT2D eigenvalue weighted by atomic mass is 16.5. The van der Waals surface area contributed by atoms with E-state index in [-0.39, 0.29) is 18.5 Å². The van der Waals surface area contributed by atoms with E-state index in [0.717, 1.165) is 44.9 Å². The molecule has 0 aromatic carbocycles. The van der Waals surface area contributed by atoms with Crippen molar-refractivity contribution in [1.82, 2.24) is 5.32 Å². The van der Waals surface area contributed by atoms with Crippen LogP contribution in [-0.2, 0) is 14.3 Å². The fourth-order valence-electron chi connectivity index (χ4n) is 9.50. The molecule has 3 N–H and O–H groups in total. The maximum Gasteiger partial charge on any atom is 0.305 e. The molecule has 0 aliphatic carbocycles. The summed E-state index contributed by atoms with van der Waals surface area (Å²) in [5.74, 6) is -0.0587. The van der Waals surface area contributed by atoms with E-state index in [2.05, 4.69) is 31.3 Å². The standard InChI is InChI=1S/C62H119NO5/c1-3-5-7-9-11-13-15-16-31-35-38-42-46-50-54-60(65)59(58-64)63-61(66)55-51-47-43-39-36-32-29-27-25-23-21-19-17-18-20-22-24-26-28-30-33-37-41-45-49-53-57-68-62(67)56-52-48-44-40-34-14-12-10-8-6-4-2/h10,12,50,54,59-60,64-65H,3-9,11,13-49,51-53,55-58H2,1-2H3,(H,63,66)/b12-10-,54-50+. The Balaban J connectivity index is 3.37. The summed E-state index contributed by atoms with van der Waals surface area (Å²) in [6, 6.07) is -0.625. The molecule has 0 heterocycles. The lowest BCUT2D eigenvalue weighted by atomic mass is 10.0. The molecule has 6 nitrogen and oxygen atoms in total. The average Bonchev–Trinajstić information content (AvgIpc) is 3.34. The van der Waals surface area contributed by atoms with Crippen molar-refractivity contribution in [1.29, 1.82) is 0 Å². The minimum absolute atomic E-state index is 0.00581. The molecule has 0 saturated carbocycles. The first-order valence-electron chi connectivity index (χ1n) is 30.6. The van der Waals surface area contributed by atoms with Crippen molar-refractivity contribution in [2.24, 2.45) is 0 Å². The summed E-state index contributed by atoms with van der Waals surface area (Å²) in [7, 11) is 0. The van der Waals surface area contributed by atoms with Crippen LogP contribution >= 0.6 is 0 Å². The summed E-state index contributed by atoms with van der Waals surface area (Å²) in [6.45, 7) is 4.88. The van der Waals surface area contributed by atoms with Crippen molar-refractivity contribution >= 4 is 11.9 Å². The number of hydrogen-bond donors (Lipinski definition) is 3. The van der Waals surface area contributed by atoms with Crippen LogP contribution in [0, 0.1) is 0 Å². The van der Waals surface area contributed by atoms with Crippen LogP contribution in [0.2, 0.25) is 0 Å². The molecule has 6 heteroatoms. The van der Waals surface area contributed by atoms with Gasteiger partial charge in [-0.05, 0) is 51.4 Å². The van der Waals surface area contributed by atoms with Crippen molar-refractivity contribution in [3.05, 3.63) is 24.3 Å². The second-order valence-electron chi connectivity index (χ2n) is 21.0. The number of ether oxygens (including phenoxy) is 1. The Morgan fingerprint density at radius 2 is 0.706 bits per heavy atom. The molecule has 0 aromatic rings. The first-order chi connectivity index (χ1) is 33.5. The first kappa shape index (κ1) is 66.3. The van der Waals surface area contributed by atoms with Gasteiger partial charge in [0.25, 0.3) is 0 Å². The third-order valence-electron chi connectivity index (χ3n) is 14.2. The SMILES string of the molecule is CCCC/C=C\CCCCCCCC(=O)OCCCCCCCCCCCCCCCCCCCCCCCCCCCCC(=O)NC(CO)C(O)/C=C/CCCCCCCCCCCCCC. The molecule has 0 radical (unpaired) electrons. The summed E-state index contributed by atoms with van der Waals surface area (Å²) in [6.07, 6.45) is 70.8. The number of allylic oxidation sites excluding steroid dienone is 3. The maximum absolute atomic E-state index is 12.5. The van der Waals surface area contributed by atoms with Crippen LogP contribution in [0.25, 0.3) is 0 Å². The lowest BCUT2D eigenvalue weighted by Gasteiger charge is -2.20. The van der Waals surface area contributed by atoms with Gasteiger partial charge < -0.3 is 20.3 Å².